The van der Waals surface area contributed by atoms with Crippen molar-refractivity contribution >= 4 is 5.69 Å². The molecule has 1 aromatic heterocycles. The van der Waals surface area contributed by atoms with Gasteiger partial charge in [-0.3, -0.25) is 0 Å². The van der Waals surface area contributed by atoms with E-state index in [0.29, 0.717) is 12.1 Å². The molecule has 0 saturated carbocycles. The Kier molecular flexibility index (Phi) is 4.14. The molecule has 3 nitrogen and oxygen atoms in total. The number of furan rings is 1. The summed E-state index contributed by atoms with van der Waals surface area (Å²) in [6.07, 6.45) is 0. The number of hydrogen-bond acceptors (Lipinski definition) is 3. The third-order valence-electron chi connectivity index (χ3n) is 3.40. The maximum absolute atomic E-state index is 13.7. The largest absolute Gasteiger partial charge is 0.464 e. The van der Waals surface area contributed by atoms with E-state index in [4.69, 9.17) is 10.2 Å². The fourth-order valence-corrected chi connectivity index (χ4v) is 2.27. The van der Waals surface area contributed by atoms with Gasteiger partial charge in [0, 0.05) is 18.8 Å². The minimum atomic E-state index is -0.221. The standard InChI is InChI=1S/C16H21FN2O/c1-10-7-16(14(12(3)18)8-15(10)17)19(4)9-13-6-5-11(2)20-13/h5-8,12H,9,18H2,1-4H3/t12-/m0/s1. The van der Waals surface area contributed by atoms with Gasteiger partial charge >= 0.3 is 0 Å². The molecule has 0 saturated heterocycles. The minimum Gasteiger partial charge on any atom is -0.464 e. The van der Waals surface area contributed by atoms with Gasteiger partial charge in [-0.05, 0) is 56.2 Å². The highest BCUT2D eigenvalue weighted by atomic mass is 19.1. The number of benzene rings is 1. The Bertz CT molecular complexity index is 605. The zero-order valence-electron chi connectivity index (χ0n) is 12.4. The van der Waals surface area contributed by atoms with Crippen molar-refractivity contribution in [2.24, 2.45) is 5.73 Å². The van der Waals surface area contributed by atoms with Crippen LogP contribution >= 0.6 is 0 Å². The molecule has 0 radical (unpaired) electrons. The molecule has 0 unspecified atom stereocenters. The molecule has 2 rings (SSSR count). The van der Waals surface area contributed by atoms with Gasteiger partial charge in [-0.2, -0.15) is 0 Å². The van der Waals surface area contributed by atoms with Crippen molar-refractivity contribution in [3.8, 4) is 0 Å². The van der Waals surface area contributed by atoms with E-state index in [9.17, 15) is 4.39 Å². The summed E-state index contributed by atoms with van der Waals surface area (Å²) in [5.74, 6) is 1.54. The van der Waals surface area contributed by atoms with Crippen molar-refractivity contribution in [2.45, 2.75) is 33.4 Å². The van der Waals surface area contributed by atoms with Gasteiger partial charge in [0.2, 0.25) is 0 Å². The highest BCUT2D eigenvalue weighted by molar-refractivity contribution is 5.56. The summed E-state index contributed by atoms with van der Waals surface area (Å²) in [5, 5.41) is 0. The van der Waals surface area contributed by atoms with Crippen LogP contribution < -0.4 is 10.6 Å². The van der Waals surface area contributed by atoms with E-state index < -0.39 is 0 Å². The minimum absolute atomic E-state index is 0.219. The van der Waals surface area contributed by atoms with Gasteiger partial charge in [0.25, 0.3) is 0 Å². The first-order valence-corrected chi connectivity index (χ1v) is 6.70. The normalized spacial score (nSPS) is 12.5. The molecule has 0 fully saturated rings. The van der Waals surface area contributed by atoms with Crippen LogP contribution in [0.4, 0.5) is 10.1 Å². The van der Waals surface area contributed by atoms with Gasteiger partial charge in [-0.25, -0.2) is 4.39 Å². The molecular weight excluding hydrogens is 255 g/mol. The van der Waals surface area contributed by atoms with Gasteiger partial charge in [-0.15, -0.1) is 0 Å². The molecular formula is C16H21FN2O. The van der Waals surface area contributed by atoms with Crippen molar-refractivity contribution in [1.82, 2.24) is 0 Å². The number of hydrogen-bond donors (Lipinski definition) is 1. The summed E-state index contributed by atoms with van der Waals surface area (Å²) in [5.41, 5.74) is 8.31. The second-order valence-electron chi connectivity index (χ2n) is 5.32. The second-order valence-corrected chi connectivity index (χ2v) is 5.32. The number of aryl methyl sites for hydroxylation is 2. The van der Waals surface area contributed by atoms with Gasteiger partial charge in [0.15, 0.2) is 0 Å². The first-order chi connectivity index (χ1) is 9.38. The predicted molar refractivity (Wildman–Crippen MR) is 79.3 cm³/mol. The van der Waals surface area contributed by atoms with Crippen LogP contribution in [0.5, 0.6) is 0 Å². The lowest BCUT2D eigenvalue weighted by Gasteiger charge is -2.24. The van der Waals surface area contributed by atoms with Crippen molar-refractivity contribution in [2.75, 3.05) is 11.9 Å². The van der Waals surface area contributed by atoms with Gasteiger partial charge in [0.1, 0.15) is 17.3 Å². The Morgan fingerprint density at radius 2 is 2.00 bits per heavy atom. The van der Waals surface area contributed by atoms with Crippen LogP contribution in [0.15, 0.2) is 28.7 Å². The molecule has 0 spiro atoms. The zero-order chi connectivity index (χ0) is 14.9. The Labute approximate surface area is 119 Å². The summed E-state index contributed by atoms with van der Waals surface area (Å²) in [6, 6.07) is 7.03. The van der Waals surface area contributed by atoms with Crippen LogP contribution in [-0.2, 0) is 6.54 Å². The lowest BCUT2D eigenvalue weighted by molar-refractivity contribution is 0.481. The highest BCUT2D eigenvalue weighted by Gasteiger charge is 2.15. The van der Waals surface area contributed by atoms with Crippen LogP contribution in [-0.4, -0.2) is 7.05 Å². The summed E-state index contributed by atoms with van der Waals surface area (Å²) in [4.78, 5) is 2.03. The average Bonchev–Trinajstić information content (AvgIpc) is 2.77. The lowest BCUT2D eigenvalue weighted by atomic mass is 10.0. The van der Waals surface area contributed by atoms with Crippen molar-refractivity contribution in [1.29, 1.82) is 0 Å². The maximum Gasteiger partial charge on any atom is 0.126 e. The first-order valence-electron chi connectivity index (χ1n) is 6.70. The number of nitrogens with zero attached hydrogens (tertiary/aromatic N) is 1. The molecule has 20 heavy (non-hydrogen) atoms. The third kappa shape index (κ3) is 3.02. The van der Waals surface area contributed by atoms with Crippen LogP contribution in [0.1, 0.15) is 35.6 Å². The van der Waals surface area contributed by atoms with E-state index in [2.05, 4.69) is 0 Å². The number of anilines is 1. The molecule has 0 amide bonds. The van der Waals surface area contributed by atoms with Crippen molar-refractivity contribution in [3.05, 3.63) is 52.7 Å². The Balaban J connectivity index is 2.33. The SMILES string of the molecule is Cc1ccc(CN(C)c2cc(C)c(F)cc2[C@H](C)N)o1. The van der Waals surface area contributed by atoms with E-state index in [1.807, 2.05) is 44.0 Å². The summed E-state index contributed by atoms with van der Waals surface area (Å²) in [6.45, 7) is 6.16. The van der Waals surface area contributed by atoms with Crippen LogP contribution in [0.25, 0.3) is 0 Å². The van der Waals surface area contributed by atoms with Gasteiger partial charge < -0.3 is 15.1 Å². The smallest absolute Gasteiger partial charge is 0.126 e. The Hall–Kier alpha value is -1.81. The molecule has 0 aliphatic heterocycles. The summed E-state index contributed by atoms with van der Waals surface area (Å²) < 4.78 is 19.3. The molecule has 2 N–H and O–H groups in total. The lowest BCUT2D eigenvalue weighted by Crippen LogP contribution is -2.20. The van der Waals surface area contributed by atoms with E-state index in [0.717, 1.165) is 22.8 Å². The van der Waals surface area contributed by atoms with Crippen LogP contribution in [0.3, 0.4) is 0 Å². The van der Waals surface area contributed by atoms with Gasteiger partial charge in [0.05, 0.1) is 6.54 Å². The Morgan fingerprint density at radius 3 is 2.55 bits per heavy atom. The van der Waals surface area contributed by atoms with E-state index in [1.54, 1.807) is 6.92 Å². The molecule has 108 valence electrons. The summed E-state index contributed by atoms with van der Waals surface area (Å²) in [7, 11) is 1.95. The van der Waals surface area contributed by atoms with Gasteiger partial charge in [-0.1, -0.05) is 0 Å². The molecule has 0 aliphatic rings. The number of nitrogens with two attached hydrogens (primary N) is 1. The molecule has 1 heterocycles. The number of rotatable bonds is 4. The average molecular weight is 276 g/mol. The quantitative estimate of drug-likeness (QED) is 0.926. The first kappa shape index (κ1) is 14.6. The summed E-state index contributed by atoms with van der Waals surface area (Å²) >= 11 is 0. The second kappa shape index (κ2) is 5.67. The highest BCUT2D eigenvalue weighted by Crippen LogP contribution is 2.28. The molecule has 4 heteroatoms. The van der Waals surface area contributed by atoms with Crippen molar-refractivity contribution in [3.63, 3.8) is 0 Å². The Morgan fingerprint density at radius 1 is 1.30 bits per heavy atom. The van der Waals surface area contributed by atoms with E-state index in [1.165, 1.54) is 6.07 Å². The van der Waals surface area contributed by atoms with Crippen LogP contribution in [0, 0.1) is 19.7 Å². The molecule has 2 aromatic rings. The van der Waals surface area contributed by atoms with E-state index in [-0.39, 0.29) is 11.9 Å². The molecule has 1 aromatic carbocycles. The number of halogens is 1. The van der Waals surface area contributed by atoms with E-state index >= 15 is 0 Å². The monoisotopic (exact) mass is 276 g/mol. The topological polar surface area (TPSA) is 42.4 Å². The third-order valence-corrected chi connectivity index (χ3v) is 3.40. The maximum atomic E-state index is 13.7. The molecule has 0 bridgehead atoms. The molecule has 1 atom stereocenters. The van der Waals surface area contributed by atoms with Crippen LogP contribution in [0.2, 0.25) is 0 Å². The van der Waals surface area contributed by atoms with Crippen molar-refractivity contribution < 1.29 is 8.81 Å². The molecule has 0 aliphatic carbocycles. The predicted octanol–water partition coefficient (Wildman–Crippen LogP) is 3.69. The fraction of sp³-hybridized carbons (Fsp3) is 0.375. The zero-order valence-corrected chi connectivity index (χ0v) is 12.4. The fourth-order valence-electron chi connectivity index (χ4n) is 2.27.